The molecule has 0 radical (unpaired) electrons. The minimum absolute atomic E-state index is 0.507. The van der Waals surface area contributed by atoms with Crippen molar-refractivity contribution in [1.29, 1.82) is 0 Å². The Labute approximate surface area is 87.5 Å². The van der Waals surface area contributed by atoms with Crippen molar-refractivity contribution >= 4 is 11.9 Å². The first-order valence-corrected chi connectivity index (χ1v) is 5.36. The molecule has 4 nitrogen and oxygen atoms in total. The van der Waals surface area contributed by atoms with Crippen LogP contribution in [-0.2, 0) is 6.54 Å². The number of hydrogen-bond acceptors (Lipinski definition) is 2. The average molecular weight is 203 g/mol. The van der Waals surface area contributed by atoms with Gasteiger partial charge in [0.2, 0.25) is 0 Å². The summed E-state index contributed by atoms with van der Waals surface area (Å²) in [7, 11) is 0. The summed E-state index contributed by atoms with van der Waals surface area (Å²) in [6, 6.07) is 1.84. The summed E-state index contributed by atoms with van der Waals surface area (Å²) in [5.74, 6) is 0.816. The number of aromatic nitrogens is 3. The summed E-state index contributed by atoms with van der Waals surface area (Å²) in [4.78, 5) is 10.6. The van der Waals surface area contributed by atoms with Gasteiger partial charge in [-0.05, 0) is 18.8 Å². The molecule has 0 N–H and O–H groups in total. The molecular weight excluding hydrogens is 190 g/mol. The highest BCUT2D eigenvalue weighted by Gasteiger charge is 2.18. The number of carbonyl (C=O) groups is 1. The molecule has 0 atom stereocenters. The van der Waals surface area contributed by atoms with Crippen LogP contribution in [0.4, 0.5) is 0 Å². The Balaban J connectivity index is 1.94. The van der Waals surface area contributed by atoms with E-state index in [0.29, 0.717) is 5.69 Å². The number of rotatable bonds is 3. The van der Waals surface area contributed by atoms with Gasteiger partial charge >= 0.3 is 0 Å². The summed E-state index contributed by atoms with van der Waals surface area (Å²) >= 11 is 0. The zero-order chi connectivity index (χ0) is 10.3. The summed E-state index contributed by atoms with van der Waals surface area (Å²) in [6.07, 6.45) is 8.76. The van der Waals surface area contributed by atoms with Crippen molar-refractivity contribution in [3.63, 3.8) is 0 Å². The monoisotopic (exact) mass is 203 g/mol. The molecule has 15 heavy (non-hydrogen) atoms. The summed E-state index contributed by atoms with van der Waals surface area (Å²) in [5.41, 5.74) is 1.52. The maximum Gasteiger partial charge on any atom is 0.170 e. The quantitative estimate of drug-likeness (QED) is 0.713. The van der Waals surface area contributed by atoms with E-state index in [1.165, 1.54) is 19.3 Å². The number of hydrogen-bond donors (Lipinski definition) is 0. The van der Waals surface area contributed by atoms with Crippen LogP contribution in [0, 0.1) is 5.92 Å². The van der Waals surface area contributed by atoms with Gasteiger partial charge in [0.05, 0.1) is 0 Å². The fourth-order valence-corrected chi connectivity index (χ4v) is 2.11. The van der Waals surface area contributed by atoms with Gasteiger partial charge in [0.1, 0.15) is 11.3 Å². The van der Waals surface area contributed by atoms with Crippen LogP contribution in [-0.4, -0.2) is 20.5 Å². The molecule has 2 aromatic rings. The highest BCUT2D eigenvalue weighted by Crippen LogP contribution is 2.28. The van der Waals surface area contributed by atoms with Gasteiger partial charge in [0.15, 0.2) is 6.29 Å². The Hall–Kier alpha value is -1.58. The molecule has 2 heterocycles. The zero-order valence-electron chi connectivity index (χ0n) is 8.47. The van der Waals surface area contributed by atoms with Gasteiger partial charge < -0.3 is 4.57 Å². The summed E-state index contributed by atoms with van der Waals surface area (Å²) in [6.45, 7) is 1.06. The van der Waals surface area contributed by atoms with Gasteiger partial charge in [0, 0.05) is 25.0 Å². The molecule has 0 saturated heterocycles. The molecule has 78 valence electrons. The van der Waals surface area contributed by atoms with Crippen molar-refractivity contribution in [3.8, 4) is 0 Å². The van der Waals surface area contributed by atoms with E-state index in [1.54, 1.807) is 4.52 Å². The molecule has 1 saturated carbocycles. The lowest BCUT2D eigenvalue weighted by molar-refractivity contribution is 0.111. The van der Waals surface area contributed by atoms with Crippen LogP contribution in [0.1, 0.15) is 29.8 Å². The van der Waals surface area contributed by atoms with Gasteiger partial charge in [-0.1, -0.05) is 6.42 Å². The lowest BCUT2D eigenvalue weighted by Gasteiger charge is -2.25. The normalized spacial score (nSPS) is 16.8. The first kappa shape index (κ1) is 8.71. The van der Waals surface area contributed by atoms with Crippen LogP contribution in [0.15, 0.2) is 18.5 Å². The van der Waals surface area contributed by atoms with Crippen molar-refractivity contribution in [3.05, 3.63) is 24.2 Å². The van der Waals surface area contributed by atoms with Gasteiger partial charge in [-0.2, -0.15) is 5.10 Å². The third kappa shape index (κ3) is 1.37. The second-order valence-corrected chi connectivity index (χ2v) is 4.24. The van der Waals surface area contributed by atoms with E-state index in [4.69, 9.17) is 0 Å². The third-order valence-electron chi connectivity index (χ3n) is 3.22. The van der Waals surface area contributed by atoms with E-state index >= 15 is 0 Å². The molecule has 0 amide bonds. The van der Waals surface area contributed by atoms with Crippen molar-refractivity contribution in [1.82, 2.24) is 14.2 Å². The molecule has 0 bridgehead atoms. The van der Waals surface area contributed by atoms with E-state index in [-0.39, 0.29) is 0 Å². The fraction of sp³-hybridized carbons (Fsp3) is 0.455. The lowest BCUT2D eigenvalue weighted by Crippen LogP contribution is -2.17. The Morgan fingerprint density at radius 3 is 3.00 bits per heavy atom. The van der Waals surface area contributed by atoms with Crippen LogP contribution < -0.4 is 0 Å². The number of nitrogens with zero attached hydrogens (tertiary/aromatic N) is 3. The van der Waals surface area contributed by atoms with Gasteiger partial charge in [-0.25, -0.2) is 4.52 Å². The van der Waals surface area contributed by atoms with Crippen molar-refractivity contribution in [2.45, 2.75) is 25.8 Å². The molecule has 0 unspecified atom stereocenters. The number of fused-ring (bicyclic) bond motifs is 1. The van der Waals surface area contributed by atoms with E-state index in [1.807, 2.05) is 18.5 Å². The topological polar surface area (TPSA) is 39.3 Å². The summed E-state index contributed by atoms with van der Waals surface area (Å²) < 4.78 is 3.95. The standard InChI is InChI=1S/C11H13N3O/c15-8-10-6-11-13(4-5-14(11)12-10)7-9-2-1-3-9/h4-6,8-9H,1-3,7H2. The fourth-order valence-electron chi connectivity index (χ4n) is 2.11. The highest BCUT2D eigenvalue weighted by atomic mass is 16.1. The van der Waals surface area contributed by atoms with Crippen LogP contribution in [0.25, 0.3) is 5.65 Å². The molecule has 3 rings (SSSR count). The third-order valence-corrected chi connectivity index (χ3v) is 3.22. The smallest absolute Gasteiger partial charge is 0.170 e. The molecule has 1 fully saturated rings. The first-order valence-electron chi connectivity index (χ1n) is 5.36. The predicted octanol–water partition coefficient (Wildman–Crippen LogP) is 1.75. The van der Waals surface area contributed by atoms with Crippen LogP contribution in [0.3, 0.4) is 0 Å². The average Bonchev–Trinajstić information content (AvgIpc) is 2.71. The highest BCUT2D eigenvalue weighted by molar-refractivity contribution is 5.74. The van der Waals surface area contributed by atoms with Gasteiger partial charge in [-0.3, -0.25) is 4.79 Å². The minimum atomic E-state index is 0.507. The largest absolute Gasteiger partial charge is 0.331 e. The molecule has 0 spiro atoms. The Kier molecular flexibility index (Phi) is 1.87. The molecule has 0 aliphatic heterocycles. The SMILES string of the molecule is O=Cc1cc2n(CC3CCC3)ccn2n1. The van der Waals surface area contributed by atoms with Crippen LogP contribution in [0.5, 0.6) is 0 Å². The Morgan fingerprint density at radius 1 is 1.47 bits per heavy atom. The number of aldehydes is 1. The van der Waals surface area contributed by atoms with E-state index in [2.05, 4.69) is 9.67 Å². The van der Waals surface area contributed by atoms with E-state index in [0.717, 1.165) is 24.4 Å². The van der Waals surface area contributed by atoms with Gasteiger partial charge in [-0.15, -0.1) is 0 Å². The second-order valence-electron chi connectivity index (χ2n) is 4.24. The van der Waals surface area contributed by atoms with Gasteiger partial charge in [0.25, 0.3) is 0 Å². The minimum Gasteiger partial charge on any atom is -0.331 e. The van der Waals surface area contributed by atoms with Crippen molar-refractivity contribution in [2.75, 3.05) is 0 Å². The zero-order valence-corrected chi connectivity index (χ0v) is 8.47. The van der Waals surface area contributed by atoms with Crippen LogP contribution in [0.2, 0.25) is 0 Å². The first-order chi connectivity index (χ1) is 7.36. The molecule has 4 heteroatoms. The second kappa shape index (κ2) is 3.22. The van der Waals surface area contributed by atoms with E-state index < -0.39 is 0 Å². The molecule has 1 aliphatic rings. The van der Waals surface area contributed by atoms with Crippen LogP contribution >= 0.6 is 0 Å². The molecule has 0 aromatic carbocycles. The number of carbonyl (C=O) groups excluding carboxylic acids is 1. The summed E-state index contributed by atoms with van der Waals surface area (Å²) in [5, 5.41) is 4.13. The van der Waals surface area contributed by atoms with Crippen molar-refractivity contribution < 1.29 is 4.79 Å². The predicted molar refractivity (Wildman–Crippen MR) is 55.9 cm³/mol. The Bertz CT molecular complexity index is 493. The Morgan fingerprint density at radius 2 is 2.33 bits per heavy atom. The molecular formula is C11H13N3O. The maximum absolute atomic E-state index is 10.6. The molecule has 1 aliphatic carbocycles. The lowest BCUT2D eigenvalue weighted by atomic mass is 9.85. The number of imidazole rings is 1. The van der Waals surface area contributed by atoms with Crippen molar-refractivity contribution in [2.24, 2.45) is 5.92 Å². The molecule has 2 aromatic heterocycles. The van der Waals surface area contributed by atoms with E-state index in [9.17, 15) is 4.79 Å². The maximum atomic E-state index is 10.6.